The van der Waals surface area contributed by atoms with E-state index in [-0.39, 0.29) is 0 Å². The number of hydrogen-bond acceptors (Lipinski definition) is 2. The van der Waals surface area contributed by atoms with Crippen molar-refractivity contribution in [2.75, 3.05) is 5.32 Å². The van der Waals surface area contributed by atoms with Gasteiger partial charge in [0.25, 0.3) is 0 Å². The molecule has 1 fully saturated rings. The van der Waals surface area contributed by atoms with E-state index in [1.807, 2.05) is 12.3 Å². The topological polar surface area (TPSA) is 24.9 Å². The minimum Gasteiger partial charge on any atom is -0.367 e. The molecule has 3 rings (SSSR count). The third kappa shape index (κ3) is 2.31. The smallest absolute Gasteiger partial charge is 0.126 e. The summed E-state index contributed by atoms with van der Waals surface area (Å²) < 4.78 is 0. The minimum absolute atomic E-state index is 0.548. The van der Waals surface area contributed by atoms with Gasteiger partial charge in [-0.05, 0) is 36.6 Å². The van der Waals surface area contributed by atoms with E-state index in [2.05, 4.69) is 53.6 Å². The largest absolute Gasteiger partial charge is 0.367 e. The Kier molecular flexibility index (Phi) is 2.56. The highest BCUT2D eigenvalue weighted by molar-refractivity contribution is 5.43. The minimum atomic E-state index is 0.548. The zero-order valence-electron chi connectivity index (χ0n) is 9.93. The number of nitrogens with zero attached hydrogens (tertiary/aromatic N) is 1. The summed E-state index contributed by atoms with van der Waals surface area (Å²) in [5.74, 6) is 1.65. The molecule has 0 spiro atoms. The van der Waals surface area contributed by atoms with Gasteiger partial charge in [0.05, 0.1) is 0 Å². The van der Waals surface area contributed by atoms with Crippen LogP contribution in [-0.4, -0.2) is 11.0 Å². The Morgan fingerprint density at radius 1 is 1.18 bits per heavy atom. The molecule has 1 aromatic carbocycles. The van der Waals surface area contributed by atoms with Crippen LogP contribution in [0.1, 0.15) is 23.5 Å². The lowest BCUT2D eigenvalue weighted by atomic mass is 10.1. The van der Waals surface area contributed by atoms with Crippen LogP contribution in [0, 0.1) is 6.92 Å². The third-order valence-electron chi connectivity index (χ3n) is 3.27. The molecule has 1 aliphatic carbocycles. The van der Waals surface area contributed by atoms with Crippen LogP contribution in [0.25, 0.3) is 0 Å². The van der Waals surface area contributed by atoms with E-state index in [9.17, 15) is 0 Å². The highest BCUT2D eigenvalue weighted by Gasteiger charge is 2.38. The second-order valence-electron chi connectivity index (χ2n) is 4.72. The first-order chi connectivity index (χ1) is 8.33. The maximum absolute atomic E-state index is 4.34. The van der Waals surface area contributed by atoms with Crippen LogP contribution in [-0.2, 0) is 0 Å². The predicted molar refractivity (Wildman–Crippen MR) is 70.2 cm³/mol. The van der Waals surface area contributed by atoms with Crippen molar-refractivity contribution in [2.24, 2.45) is 0 Å². The lowest BCUT2D eigenvalue weighted by molar-refractivity contribution is 1.03. The van der Waals surface area contributed by atoms with Crippen LogP contribution in [0.3, 0.4) is 0 Å². The summed E-state index contributed by atoms with van der Waals surface area (Å²) in [6.07, 6.45) is 3.07. The fraction of sp³-hybridized carbons (Fsp3) is 0.267. The lowest BCUT2D eigenvalue weighted by Crippen LogP contribution is -2.05. The molecule has 86 valence electrons. The van der Waals surface area contributed by atoms with Gasteiger partial charge >= 0.3 is 0 Å². The van der Waals surface area contributed by atoms with Crippen LogP contribution in [0.4, 0.5) is 5.82 Å². The van der Waals surface area contributed by atoms with E-state index < -0.39 is 0 Å². The van der Waals surface area contributed by atoms with Gasteiger partial charge in [-0.15, -0.1) is 0 Å². The maximum atomic E-state index is 4.34. The van der Waals surface area contributed by atoms with Crippen molar-refractivity contribution in [3.05, 3.63) is 59.8 Å². The van der Waals surface area contributed by atoms with Crippen molar-refractivity contribution >= 4 is 5.82 Å². The first kappa shape index (κ1) is 10.3. The molecule has 0 aliphatic heterocycles. The van der Waals surface area contributed by atoms with Gasteiger partial charge in [-0.2, -0.15) is 0 Å². The highest BCUT2D eigenvalue weighted by atomic mass is 15.0. The number of rotatable bonds is 3. The SMILES string of the molecule is Cc1ccnc(NC2CC2c2ccccc2)c1. The Balaban J connectivity index is 1.66. The Labute approximate surface area is 102 Å². The molecule has 0 amide bonds. The van der Waals surface area contributed by atoms with Crippen LogP contribution < -0.4 is 5.32 Å². The number of aromatic nitrogens is 1. The van der Waals surface area contributed by atoms with Gasteiger partial charge in [-0.1, -0.05) is 30.3 Å². The first-order valence-electron chi connectivity index (χ1n) is 6.07. The van der Waals surface area contributed by atoms with Crippen molar-refractivity contribution in [1.29, 1.82) is 0 Å². The lowest BCUT2D eigenvalue weighted by Gasteiger charge is -2.05. The van der Waals surface area contributed by atoms with E-state index in [1.165, 1.54) is 17.5 Å². The summed E-state index contributed by atoms with van der Waals surface area (Å²) >= 11 is 0. The van der Waals surface area contributed by atoms with E-state index in [0.717, 1.165) is 5.82 Å². The van der Waals surface area contributed by atoms with Gasteiger partial charge in [-0.3, -0.25) is 0 Å². The second-order valence-corrected chi connectivity index (χ2v) is 4.72. The van der Waals surface area contributed by atoms with Crippen molar-refractivity contribution in [3.8, 4) is 0 Å². The number of pyridine rings is 1. The Morgan fingerprint density at radius 3 is 2.76 bits per heavy atom. The van der Waals surface area contributed by atoms with Gasteiger partial charge in [0.15, 0.2) is 0 Å². The van der Waals surface area contributed by atoms with Crippen LogP contribution in [0.15, 0.2) is 48.7 Å². The number of hydrogen-bond donors (Lipinski definition) is 1. The predicted octanol–water partition coefficient (Wildman–Crippen LogP) is 3.36. The number of benzene rings is 1. The molecule has 1 N–H and O–H groups in total. The zero-order valence-corrected chi connectivity index (χ0v) is 9.93. The standard InChI is InChI=1S/C15H16N2/c1-11-7-8-16-15(9-11)17-14-10-13(14)12-5-3-2-4-6-12/h2-9,13-14H,10H2,1H3,(H,16,17). The quantitative estimate of drug-likeness (QED) is 0.864. The zero-order chi connectivity index (χ0) is 11.7. The molecular formula is C15H16N2. The summed E-state index contributed by atoms with van der Waals surface area (Å²) in [5.41, 5.74) is 2.68. The fourth-order valence-corrected chi connectivity index (χ4v) is 2.23. The number of aryl methyl sites for hydroxylation is 1. The maximum Gasteiger partial charge on any atom is 0.126 e. The molecule has 2 heteroatoms. The summed E-state index contributed by atoms with van der Waals surface area (Å²) in [5, 5.41) is 3.49. The van der Waals surface area contributed by atoms with E-state index in [0.29, 0.717) is 12.0 Å². The average molecular weight is 224 g/mol. The van der Waals surface area contributed by atoms with Crippen molar-refractivity contribution < 1.29 is 0 Å². The monoisotopic (exact) mass is 224 g/mol. The fourth-order valence-electron chi connectivity index (χ4n) is 2.23. The molecule has 0 saturated heterocycles. The van der Waals surface area contributed by atoms with Gasteiger partial charge in [-0.25, -0.2) is 4.98 Å². The molecule has 0 bridgehead atoms. The second kappa shape index (κ2) is 4.21. The molecule has 1 aliphatic rings. The average Bonchev–Trinajstić information content (AvgIpc) is 3.10. The normalized spacial score (nSPS) is 22.2. The third-order valence-corrected chi connectivity index (χ3v) is 3.27. The van der Waals surface area contributed by atoms with Crippen LogP contribution in [0.5, 0.6) is 0 Å². The van der Waals surface area contributed by atoms with Crippen molar-refractivity contribution in [3.63, 3.8) is 0 Å². The van der Waals surface area contributed by atoms with Crippen LogP contribution >= 0.6 is 0 Å². The molecule has 0 radical (unpaired) electrons. The molecular weight excluding hydrogens is 208 g/mol. The van der Waals surface area contributed by atoms with Gasteiger partial charge in [0.1, 0.15) is 5.82 Å². The Hall–Kier alpha value is -1.83. The van der Waals surface area contributed by atoms with Gasteiger partial charge in [0, 0.05) is 18.2 Å². The Morgan fingerprint density at radius 2 is 2.00 bits per heavy atom. The molecule has 1 saturated carbocycles. The van der Waals surface area contributed by atoms with Gasteiger partial charge < -0.3 is 5.32 Å². The summed E-state index contributed by atoms with van der Waals surface area (Å²) in [4.78, 5) is 4.34. The van der Waals surface area contributed by atoms with E-state index >= 15 is 0 Å². The molecule has 2 aromatic rings. The highest BCUT2D eigenvalue weighted by Crippen LogP contribution is 2.42. The number of anilines is 1. The van der Waals surface area contributed by atoms with Gasteiger partial charge in [0.2, 0.25) is 0 Å². The van der Waals surface area contributed by atoms with E-state index in [1.54, 1.807) is 0 Å². The van der Waals surface area contributed by atoms with Crippen LogP contribution in [0.2, 0.25) is 0 Å². The number of nitrogens with one attached hydrogen (secondary N) is 1. The van der Waals surface area contributed by atoms with E-state index in [4.69, 9.17) is 0 Å². The summed E-state index contributed by atoms with van der Waals surface area (Å²) in [6.45, 7) is 2.09. The summed E-state index contributed by atoms with van der Waals surface area (Å²) in [6, 6.07) is 15.4. The van der Waals surface area contributed by atoms with Crippen molar-refractivity contribution in [2.45, 2.75) is 25.3 Å². The summed E-state index contributed by atoms with van der Waals surface area (Å²) in [7, 11) is 0. The Bertz CT molecular complexity index is 507. The van der Waals surface area contributed by atoms with Crippen molar-refractivity contribution in [1.82, 2.24) is 4.98 Å². The molecule has 1 aromatic heterocycles. The molecule has 2 atom stereocenters. The molecule has 17 heavy (non-hydrogen) atoms. The molecule has 2 unspecified atom stereocenters. The first-order valence-corrected chi connectivity index (χ1v) is 6.07. The molecule has 2 nitrogen and oxygen atoms in total. The molecule has 1 heterocycles.